The van der Waals surface area contributed by atoms with Crippen LogP contribution in [-0.2, 0) is 24.2 Å². The molecule has 110 valence electrons. The summed E-state index contributed by atoms with van der Waals surface area (Å²) in [5.74, 6) is 0.884. The van der Waals surface area contributed by atoms with Crippen LogP contribution in [0.4, 0.5) is 0 Å². The van der Waals surface area contributed by atoms with Crippen molar-refractivity contribution in [3.05, 3.63) is 60.6 Å². The Labute approximate surface area is 151 Å². The second kappa shape index (κ2) is 14.0. The van der Waals surface area contributed by atoms with Crippen molar-refractivity contribution in [3.8, 4) is 0 Å². The summed E-state index contributed by atoms with van der Waals surface area (Å²) in [6.45, 7) is 4.25. The summed E-state index contributed by atoms with van der Waals surface area (Å²) in [7, 11) is 0. The molecule has 0 aliphatic heterocycles. The van der Waals surface area contributed by atoms with Gasteiger partial charge >= 0.3 is 41.3 Å². The van der Waals surface area contributed by atoms with Crippen molar-refractivity contribution in [3.63, 3.8) is 0 Å². The molecule has 1 fully saturated rings. The van der Waals surface area contributed by atoms with Crippen molar-refractivity contribution >= 4 is 3.21 Å². The summed E-state index contributed by atoms with van der Waals surface area (Å²) in [4.78, 5) is 0. The Balaban J connectivity index is 0. The van der Waals surface area contributed by atoms with E-state index in [2.05, 4.69) is 38.5 Å². The molecule has 0 N–H and O–H groups in total. The van der Waals surface area contributed by atoms with E-state index in [1.165, 1.54) is 22.5 Å². The number of rotatable bonds is 0. The molecule has 1 atom stereocenters. The molecule has 0 bridgehead atoms. The Morgan fingerprint density at radius 2 is 1.80 bits per heavy atom. The number of allylic oxidation sites excluding steroid dienone is 4. The van der Waals surface area contributed by atoms with Crippen LogP contribution in [0.1, 0.15) is 33.1 Å². The Morgan fingerprint density at radius 1 is 1.20 bits per heavy atom. The fourth-order valence-corrected chi connectivity index (χ4v) is 1.99. The largest absolute Gasteiger partial charge is 1.00 e. The van der Waals surface area contributed by atoms with E-state index in [1.807, 2.05) is 30.3 Å². The summed E-state index contributed by atoms with van der Waals surface area (Å²) in [5, 5.41) is 0. The van der Waals surface area contributed by atoms with Gasteiger partial charge in [0.05, 0.1) is 0 Å². The van der Waals surface area contributed by atoms with Gasteiger partial charge in [0.1, 0.15) is 0 Å². The maximum Gasteiger partial charge on any atom is -0.172 e. The van der Waals surface area contributed by atoms with Crippen LogP contribution in [0.5, 0.6) is 0 Å². The van der Waals surface area contributed by atoms with Crippen molar-refractivity contribution in [2.45, 2.75) is 33.1 Å². The van der Waals surface area contributed by atoms with Gasteiger partial charge < -0.3 is 24.8 Å². The van der Waals surface area contributed by atoms with Crippen LogP contribution in [0.15, 0.2) is 54.1 Å². The molecule has 0 spiro atoms. The van der Waals surface area contributed by atoms with Gasteiger partial charge in [-0.2, -0.15) is 18.2 Å². The predicted octanol–water partition coefficient (Wildman–Crippen LogP) is -1.35. The summed E-state index contributed by atoms with van der Waals surface area (Å²) < 4.78 is 1.51. The summed E-state index contributed by atoms with van der Waals surface area (Å²) in [6, 6.07) is 10.0. The molecule has 0 aromatic heterocycles. The minimum atomic E-state index is 0. The number of fused-ring (bicyclic) bond motifs is 1. The van der Waals surface area contributed by atoms with Gasteiger partial charge in [0.25, 0.3) is 0 Å². The molecule has 1 unspecified atom stereocenters. The van der Waals surface area contributed by atoms with Gasteiger partial charge in [-0.05, 0) is 12.3 Å². The van der Waals surface area contributed by atoms with Gasteiger partial charge in [-0.3, -0.25) is 0 Å². The molecule has 1 saturated carbocycles. The standard InChI is InChI=1S/C9H11.C5H5.C3H6.2ClH.Zr/c1-2-5-9-7-3-6-8(9)4-1;1-2-4-5-3-1;1-3-2;;;/h1-2,4,6,9H,3,5,7H2;1-5H;1-2H3;2*1H;/q2*-1;;;;+2/p-2. The quantitative estimate of drug-likeness (QED) is 0.482. The van der Waals surface area contributed by atoms with Gasteiger partial charge in [0, 0.05) is 0 Å². The van der Waals surface area contributed by atoms with E-state index < -0.39 is 0 Å². The maximum absolute atomic E-state index is 2.37. The molecule has 3 heteroatoms. The van der Waals surface area contributed by atoms with Crippen molar-refractivity contribution in [2.75, 3.05) is 0 Å². The Kier molecular flexibility index (Phi) is 15.6. The zero-order chi connectivity index (χ0) is 13.2. The van der Waals surface area contributed by atoms with E-state index in [0.29, 0.717) is 0 Å². The first-order valence-corrected chi connectivity index (χ1v) is 7.81. The second-order valence-corrected chi connectivity index (χ2v) is 7.23. The molecule has 0 saturated heterocycles. The second-order valence-electron chi connectivity index (χ2n) is 4.77. The number of hydrogen-bond donors (Lipinski definition) is 0. The normalized spacial score (nSPS) is 17.4. The number of halogens is 2. The van der Waals surface area contributed by atoms with E-state index in [9.17, 15) is 0 Å². The van der Waals surface area contributed by atoms with Crippen LogP contribution in [0.3, 0.4) is 0 Å². The van der Waals surface area contributed by atoms with E-state index in [1.54, 1.807) is 29.8 Å². The molecule has 20 heavy (non-hydrogen) atoms. The molecule has 2 aliphatic carbocycles. The Hall–Kier alpha value is 0.0331. The topological polar surface area (TPSA) is 0 Å². The third-order valence-electron chi connectivity index (χ3n) is 2.77. The first-order chi connectivity index (χ1) is 8.70. The van der Waals surface area contributed by atoms with Gasteiger partial charge in [0.2, 0.25) is 0 Å². The van der Waals surface area contributed by atoms with E-state index in [4.69, 9.17) is 0 Å². The first-order valence-electron chi connectivity index (χ1n) is 6.58. The van der Waals surface area contributed by atoms with Crippen LogP contribution >= 0.6 is 0 Å². The van der Waals surface area contributed by atoms with Crippen molar-refractivity contribution < 1.29 is 49.0 Å². The van der Waals surface area contributed by atoms with Crippen molar-refractivity contribution in [2.24, 2.45) is 5.92 Å². The monoisotopic (exact) mass is 386 g/mol. The predicted molar refractivity (Wildman–Crippen MR) is 77.3 cm³/mol. The minimum Gasteiger partial charge on any atom is -1.00 e. The van der Waals surface area contributed by atoms with Crippen molar-refractivity contribution in [1.82, 2.24) is 0 Å². The first kappa shape index (κ1) is 22.3. The maximum atomic E-state index is 2.37. The van der Waals surface area contributed by atoms with Crippen LogP contribution in [0.25, 0.3) is 0 Å². The summed E-state index contributed by atoms with van der Waals surface area (Å²) >= 11 is 1.55. The molecular formula is C17H22Cl2Zr-2. The van der Waals surface area contributed by atoms with E-state index >= 15 is 0 Å². The molecule has 2 aliphatic rings. The number of hydrogen-bond acceptors (Lipinski definition) is 0. The summed E-state index contributed by atoms with van der Waals surface area (Å²) in [6.07, 6.45) is 13.0. The third kappa shape index (κ3) is 10.8. The smallest absolute Gasteiger partial charge is 0.172 e. The van der Waals surface area contributed by atoms with Crippen LogP contribution < -0.4 is 24.8 Å². The van der Waals surface area contributed by atoms with Gasteiger partial charge in [0.15, 0.2) is 0 Å². The zero-order valence-corrected chi connectivity index (χ0v) is 16.1. The minimum absolute atomic E-state index is 0. The molecule has 1 aromatic rings. The van der Waals surface area contributed by atoms with Crippen LogP contribution in [-0.4, -0.2) is 3.21 Å². The fourth-order valence-electron chi connectivity index (χ4n) is 1.99. The molecule has 3 rings (SSSR count). The molecule has 1 aromatic carbocycles. The SMILES string of the molecule is C1=CCC2CC[CH-]C2=C1.C[C](C)=[Zr+2].[Cl-].[Cl-].c1cc[cH-]c1. The molecule has 0 amide bonds. The zero-order valence-electron chi connectivity index (χ0n) is 12.2. The molecule has 0 radical (unpaired) electrons. The molecular weight excluding hydrogens is 366 g/mol. The van der Waals surface area contributed by atoms with Crippen LogP contribution in [0, 0.1) is 12.3 Å². The van der Waals surface area contributed by atoms with Crippen LogP contribution in [0.2, 0.25) is 0 Å². The van der Waals surface area contributed by atoms with E-state index in [0.717, 1.165) is 5.92 Å². The van der Waals surface area contributed by atoms with Crippen molar-refractivity contribution in [1.29, 1.82) is 0 Å². The van der Waals surface area contributed by atoms with Gasteiger partial charge in [-0.1, -0.05) is 6.42 Å². The average molecular weight is 388 g/mol. The average Bonchev–Trinajstić information content (AvgIpc) is 3.03. The summed E-state index contributed by atoms with van der Waals surface area (Å²) in [5.41, 5.74) is 1.58. The van der Waals surface area contributed by atoms with E-state index in [-0.39, 0.29) is 24.8 Å². The molecule has 0 nitrogen and oxygen atoms in total. The van der Waals surface area contributed by atoms with Gasteiger partial charge in [-0.25, -0.2) is 30.2 Å². The van der Waals surface area contributed by atoms with Gasteiger partial charge in [-0.15, -0.1) is 18.6 Å². The third-order valence-corrected chi connectivity index (χ3v) is 2.77. The fraction of sp³-hybridized carbons (Fsp3) is 0.353. The molecule has 0 heterocycles. The Bertz CT molecular complexity index is 370. The Morgan fingerprint density at radius 3 is 2.25 bits per heavy atom.